The first-order chi connectivity index (χ1) is 10.6. The quantitative estimate of drug-likeness (QED) is 0.870. The van der Waals surface area contributed by atoms with Crippen LogP contribution in [0.5, 0.6) is 0 Å². The maximum absolute atomic E-state index is 13.2. The van der Waals surface area contributed by atoms with Crippen molar-refractivity contribution in [2.75, 3.05) is 18.0 Å². The van der Waals surface area contributed by atoms with Gasteiger partial charge in [-0.1, -0.05) is 6.07 Å². The smallest absolute Gasteiger partial charge is 0.266 e. The lowest BCUT2D eigenvalue weighted by molar-refractivity contribution is 0.0256. The van der Waals surface area contributed by atoms with Crippen LogP contribution >= 0.6 is 0 Å². The molecule has 116 valence electrons. The molecule has 0 spiro atoms. The molecule has 2 aliphatic rings. The number of hydrogen-bond acceptors (Lipinski definition) is 3. The minimum absolute atomic E-state index is 0.0896. The Labute approximate surface area is 127 Å². The predicted molar refractivity (Wildman–Crippen MR) is 79.3 cm³/mol. The molecule has 1 saturated carbocycles. The third-order valence-corrected chi connectivity index (χ3v) is 4.30. The summed E-state index contributed by atoms with van der Waals surface area (Å²) in [4.78, 5) is 5.97. The van der Waals surface area contributed by atoms with Gasteiger partial charge in [-0.15, -0.1) is 0 Å². The van der Waals surface area contributed by atoms with E-state index in [0.29, 0.717) is 24.8 Å². The van der Waals surface area contributed by atoms with Crippen molar-refractivity contribution in [1.29, 1.82) is 0 Å². The second kappa shape index (κ2) is 5.04. The summed E-state index contributed by atoms with van der Waals surface area (Å²) < 4.78 is 28.4. The van der Waals surface area contributed by atoms with Gasteiger partial charge < -0.3 is 4.90 Å². The highest BCUT2D eigenvalue weighted by atomic mass is 19.3. The van der Waals surface area contributed by atoms with E-state index in [1.54, 1.807) is 11.1 Å². The molecule has 0 unspecified atom stereocenters. The maximum atomic E-state index is 13.2. The highest BCUT2D eigenvalue weighted by Gasteiger charge is 2.38. The normalized spacial score (nSPS) is 20.5. The summed E-state index contributed by atoms with van der Waals surface area (Å²) in [5, 5.41) is 4.57. The molecule has 1 aliphatic heterocycles. The molecule has 6 heteroatoms. The fourth-order valence-electron chi connectivity index (χ4n) is 2.88. The van der Waals surface area contributed by atoms with Gasteiger partial charge in [-0.05, 0) is 30.5 Å². The van der Waals surface area contributed by atoms with E-state index in [1.807, 2.05) is 23.0 Å². The Bertz CT molecular complexity index is 661. The first-order valence-corrected chi connectivity index (χ1v) is 7.70. The summed E-state index contributed by atoms with van der Waals surface area (Å²) in [6.45, 7) is 0.794. The Morgan fingerprint density at radius 3 is 2.73 bits per heavy atom. The van der Waals surface area contributed by atoms with Gasteiger partial charge in [-0.2, -0.15) is 5.10 Å². The Morgan fingerprint density at radius 1 is 1.23 bits per heavy atom. The molecule has 22 heavy (non-hydrogen) atoms. The summed E-state index contributed by atoms with van der Waals surface area (Å²) in [5.41, 5.74) is 2.20. The van der Waals surface area contributed by atoms with Gasteiger partial charge >= 0.3 is 0 Å². The molecule has 0 aromatic carbocycles. The van der Waals surface area contributed by atoms with Crippen LogP contribution < -0.4 is 4.90 Å². The van der Waals surface area contributed by atoms with E-state index in [0.717, 1.165) is 5.56 Å². The van der Waals surface area contributed by atoms with E-state index in [9.17, 15) is 8.78 Å². The van der Waals surface area contributed by atoms with Crippen LogP contribution in [0, 0.1) is 0 Å². The van der Waals surface area contributed by atoms with Gasteiger partial charge in [0.05, 0.1) is 18.8 Å². The van der Waals surface area contributed by atoms with E-state index in [1.165, 1.54) is 18.5 Å². The van der Waals surface area contributed by atoms with Gasteiger partial charge in [0.15, 0.2) is 0 Å². The Morgan fingerprint density at radius 2 is 2.09 bits per heavy atom. The second-order valence-corrected chi connectivity index (χ2v) is 6.26. The average Bonchev–Trinajstić information content (AvgIpc) is 3.14. The molecule has 3 heterocycles. The molecule has 2 fully saturated rings. The van der Waals surface area contributed by atoms with Crippen molar-refractivity contribution in [2.24, 2.45) is 0 Å². The van der Waals surface area contributed by atoms with Crippen molar-refractivity contribution in [3.8, 4) is 0 Å². The molecule has 0 radical (unpaired) electrons. The largest absolute Gasteiger partial charge is 0.350 e. The molecule has 2 aromatic heterocycles. The zero-order chi connectivity index (χ0) is 15.2. The van der Waals surface area contributed by atoms with Crippen LogP contribution in [-0.4, -0.2) is 33.8 Å². The number of hydrogen-bond donors (Lipinski definition) is 0. The third kappa shape index (κ3) is 2.82. The van der Waals surface area contributed by atoms with Gasteiger partial charge in [0.25, 0.3) is 5.92 Å². The Hall–Kier alpha value is -1.98. The first-order valence-electron chi connectivity index (χ1n) is 7.70. The number of aromatic nitrogens is 3. The molecule has 0 atom stereocenters. The van der Waals surface area contributed by atoms with E-state index in [2.05, 4.69) is 16.1 Å². The highest BCUT2D eigenvalue weighted by Crippen LogP contribution is 2.38. The van der Waals surface area contributed by atoms with Crippen LogP contribution in [0.1, 0.15) is 36.4 Å². The highest BCUT2D eigenvalue weighted by molar-refractivity contribution is 5.41. The van der Waals surface area contributed by atoms with Crippen molar-refractivity contribution in [3.05, 3.63) is 41.9 Å². The zero-order valence-corrected chi connectivity index (χ0v) is 12.3. The maximum Gasteiger partial charge on any atom is 0.266 e. The Balaban J connectivity index is 1.42. The van der Waals surface area contributed by atoms with Crippen LogP contribution in [0.3, 0.4) is 0 Å². The van der Waals surface area contributed by atoms with Crippen molar-refractivity contribution in [1.82, 2.24) is 14.8 Å². The van der Waals surface area contributed by atoms with Crippen LogP contribution in [0.15, 0.2) is 30.6 Å². The van der Waals surface area contributed by atoms with Crippen molar-refractivity contribution >= 4 is 5.82 Å². The minimum atomic E-state index is -2.59. The molecule has 0 N–H and O–H groups in total. The lowest BCUT2D eigenvalue weighted by atomic mass is 10.3. The van der Waals surface area contributed by atoms with Crippen molar-refractivity contribution in [3.63, 3.8) is 0 Å². The van der Waals surface area contributed by atoms with Crippen molar-refractivity contribution < 1.29 is 8.78 Å². The van der Waals surface area contributed by atoms with E-state index in [4.69, 9.17) is 0 Å². The van der Waals surface area contributed by atoms with Gasteiger partial charge in [0.2, 0.25) is 0 Å². The zero-order valence-electron chi connectivity index (χ0n) is 12.3. The topological polar surface area (TPSA) is 34.0 Å². The minimum Gasteiger partial charge on any atom is -0.350 e. The molecule has 0 amide bonds. The first kappa shape index (κ1) is 13.7. The van der Waals surface area contributed by atoms with Crippen molar-refractivity contribution in [2.45, 2.75) is 37.6 Å². The van der Waals surface area contributed by atoms with E-state index < -0.39 is 5.92 Å². The van der Waals surface area contributed by atoms with Crippen LogP contribution in [0.2, 0.25) is 0 Å². The molecule has 1 aliphatic carbocycles. The fourth-order valence-corrected chi connectivity index (χ4v) is 2.88. The molecule has 4 nitrogen and oxygen atoms in total. The predicted octanol–water partition coefficient (Wildman–Crippen LogP) is 3.05. The SMILES string of the molecule is FC1(F)CCN(c2ccc(Cn3ccc(C4CC4)n3)cn2)C1. The summed E-state index contributed by atoms with van der Waals surface area (Å²) in [6.07, 6.45) is 6.14. The number of alkyl halides is 2. The van der Waals surface area contributed by atoms with Crippen LogP contribution in [0.25, 0.3) is 0 Å². The lowest BCUT2D eigenvalue weighted by Crippen LogP contribution is -2.25. The summed E-state index contributed by atoms with van der Waals surface area (Å²) in [6, 6.07) is 5.84. The molecule has 4 rings (SSSR count). The Kier molecular flexibility index (Phi) is 3.13. The molecule has 0 bridgehead atoms. The summed E-state index contributed by atoms with van der Waals surface area (Å²) in [7, 11) is 0. The number of rotatable bonds is 4. The molecular weight excluding hydrogens is 286 g/mol. The third-order valence-electron chi connectivity index (χ3n) is 4.30. The van der Waals surface area contributed by atoms with E-state index in [-0.39, 0.29) is 13.0 Å². The number of pyridine rings is 1. The monoisotopic (exact) mass is 304 g/mol. The fraction of sp³-hybridized carbons (Fsp3) is 0.500. The molecular formula is C16H18F2N4. The molecule has 1 saturated heterocycles. The lowest BCUT2D eigenvalue weighted by Gasteiger charge is -2.17. The van der Waals surface area contributed by atoms with Gasteiger partial charge in [0, 0.05) is 31.3 Å². The van der Waals surface area contributed by atoms with Gasteiger partial charge in [-0.25, -0.2) is 13.8 Å². The number of nitrogens with zero attached hydrogens (tertiary/aromatic N) is 4. The molecule has 2 aromatic rings. The van der Waals surface area contributed by atoms with Crippen LogP contribution in [-0.2, 0) is 6.54 Å². The van der Waals surface area contributed by atoms with Gasteiger partial charge in [-0.3, -0.25) is 4.68 Å². The standard InChI is InChI=1S/C16H18F2N4/c17-16(18)6-8-21(11-16)15-4-1-12(9-19-15)10-22-7-5-14(20-22)13-2-3-13/h1,4-5,7,9,13H,2-3,6,8,10-11H2. The van der Waals surface area contributed by atoms with Crippen LogP contribution in [0.4, 0.5) is 14.6 Å². The van der Waals surface area contributed by atoms with E-state index >= 15 is 0 Å². The number of anilines is 1. The second-order valence-electron chi connectivity index (χ2n) is 6.26. The average molecular weight is 304 g/mol. The summed E-state index contributed by atoms with van der Waals surface area (Å²) >= 11 is 0. The number of halogens is 2. The van der Waals surface area contributed by atoms with Gasteiger partial charge in [0.1, 0.15) is 5.82 Å². The summed E-state index contributed by atoms with van der Waals surface area (Å²) in [5.74, 6) is -1.31.